The zero-order valence-electron chi connectivity index (χ0n) is 9.72. The number of nitrogens with two attached hydrogens (primary N) is 1. The lowest BCUT2D eigenvalue weighted by atomic mass is 10.1. The van der Waals surface area contributed by atoms with E-state index in [2.05, 4.69) is 28.2 Å². The Morgan fingerprint density at radius 2 is 2.35 bits per heavy atom. The molecule has 1 heterocycles. The van der Waals surface area contributed by atoms with Crippen LogP contribution in [0.1, 0.15) is 19.8 Å². The molecule has 0 spiro atoms. The number of hydrogen-bond donors (Lipinski definition) is 2. The first-order chi connectivity index (χ1) is 8.00. The van der Waals surface area contributed by atoms with Crippen molar-refractivity contribution in [3.05, 3.63) is 22.4 Å². The fraction of sp³-hybridized carbons (Fsp3) is 0.500. The van der Waals surface area contributed by atoms with Gasteiger partial charge in [0.2, 0.25) is 0 Å². The van der Waals surface area contributed by atoms with Crippen LogP contribution in [0.3, 0.4) is 0 Å². The number of anilines is 2. The van der Waals surface area contributed by atoms with Gasteiger partial charge in [-0.1, -0.05) is 0 Å². The quantitative estimate of drug-likeness (QED) is 0.831. The van der Waals surface area contributed by atoms with E-state index in [0.717, 1.165) is 12.2 Å². The highest BCUT2D eigenvalue weighted by atomic mass is 79.9. The Morgan fingerprint density at radius 1 is 1.59 bits per heavy atom. The number of hydrogen-bond acceptors (Lipinski definition) is 3. The molecule has 1 aromatic carbocycles. The smallest absolute Gasteiger partial charge is 0.139 e. The van der Waals surface area contributed by atoms with Crippen molar-refractivity contribution in [2.24, 2.45) is 0 Å². The predicted octanol–water partition coefficient (Wildman–Crippen LogP) is 3.87. The molecular formula is C12H16BrFN2S. The van der Waals surface area contributed by atoms with Gasteiger partial charge in [-0.25, -0.2) is 4.39 Å². The molecule has 2 rings (SSSR count). The molecule has 1 atom stereocenters. The molecule has 17 heavy (non-hydrogen) atoms. The van der Waals surface area contributed by atoms with Crippen LogP contribution in [0.2, 0.25) is 0 Å². The molecule has 94 valence electrons. The van der Waals surface area contributed by atoms with Crippen LogP contribution in [-0.2, 0) is 0 Å². The van der Waals surface area contributed by atoms with Gasteiger partial charge < -0.3 is 11.1 Å². The van der Waals surface area contributed by atoms with Crippen LogP contribution in [0, 0.1) is 5.82 Å². The van der Waals surface area contributed by atoms with Crippen LogP contribution in [0.25, 0.3) is 0 Å². The summed E-state index contributed by atoms with van der Waals surface area (Å²) in [4.78, 5) is 0. The number of thioether (sulfide) groups is 1. The molecule has 0 saturated carbocycles. The fourth-order valence-corrected chi connectivity index (χ4v) is 3.56. The summed E-state index contributed by atoms with van der Waals surface area (Å²) in [5.74, 6) is 0.898. The second-order valence-electron chi connectivity index (χ2n) is 4.61. The molecule has 1 aromatic rings. The van der Waals surface area contributed by atoms with Crippen molar-refractivity contribution in [1.29, 1.82) is 0 Å². The lowest BCUT2D eigenvalue weighted by Crippen LogP contribution is -2.27. The van der Waals surface area contributed by atoms with E-state index in [1.54, 1.807) is 6.07 Å². The van der Waals surface area contributed by atoms with E-state index in [9.17, 15) is 4.39 Å². The average Bonchev–Trinajstić information content (AvgIpc) is 2.69. The number of benzene rings is 1. The molecule has 0 bridgehead atoms. The van der Waals surface area contributed by atoms with Gasteiger partial charge in [-0.05, 0) is 47.5 Å². The average molecular weight is 319 g/mol. The molecule has 5 heteroatoms. The number of halogens is 2. The summed E-state index contributed by atoms with van der Waals surface area (Å²) < 4.78 is 13.9. The SMILES string of the molecule is CC1(CNc2cc(Br)c(F)cc2N)CCCS1. The molecule has 1 aliphatic heterocycles. The van der Waals surface area contributed by atoms with E-state index in [4.69, 9.17) is 5.73 Å². The summed E-state index contributed by atoms with van der Waals surface area (Å²) >= 11 is 5.16. The van der Waals surface area contributed by atoms with Gasteiger partial charge in [0.05, 0.1) is 15.8 Å². The Bertz CT molecular complexity index is 419. The third-order valence-electron chi connectivity index (χ3n) is 3.05. The normalized spacial score (nSPS) is 23.9. The number of rotatable bonds is 3. The van der Waals surface area contributed by atoms with Crippen LogP contribution in [-0.4, -0.2) is 17.0 Å². The Labute approximate surface area is 114 Å². The highest BCUT2D eigenvalue weighted by Gasteiger charge is 2.29. The summed E-state index contributed by atoms with van der Waals surface area (Å²) in [6, 6.07) is 3.05. The summed E-state index contributed by atoms with van der Waals surface area (Å²) in [6.07, 6.45) is 2.48. The first-order valence-electron chi connectivity index (χ1n) is 5.62. The minimum absolute atomic E-state index is 0.271. The van der Waals surface area contributed by atoms with Crippen LogP contribution < -0.4 is 11.1 Å². The largest absolute Gasteiger partial charge is 0.397 e. The van der Waals surface area contributed by atoms with Crippen LogP contribution in [0.4, 0.5) is 15.8 Å². The summed E-state index contributed by atoms with van der Waals surface area (Å²) in [5, 5.41) is 3.32. The molecule has 1 aliphatic rings. The van der Waals surface area contributed by atoms with Crippen molar-refractivity contribution >= 4 is 39.1 Å². The van der Waals surface area contributed by atoms with E-state index >= 15 is 0 Å². The fourth-order valence-electron chi connectivity index (χ4n) is 1.97. The van der Waals surface area contributed by atoms with Crippen molar-refractivity contribution in [3.8, 4) is 0 Å². The lowest BCUT2D eigenvalue weighted by Gasteiger charge is -2.24. The third-order valence-corrected chi connectivity index (χ3v) is 5.19. The van der Waals surface area contributed by atoms with Gasteiger partial charge in [-0.3, -0.25) is 0 Å². The number of nitrogens with one attached hydrogen (secondary N) is 1. The summed E-state index contributed by atoms with van der Waals surface area (Å²) in [7, 11) is 0. The van der Waals surface area contributed by atoms with Gasteiger partial charge in [0, 0.05) is 17.4 Å². The van der Waals surface area contributed by atoms with Gasteiger partial charge in [0.1, 0.15) is 5.82 Å². The standard InChI is InChI=1S/C12H16BrFN2S/c1-12(3-2-4-17-12)7-16-11-5-8(13)9(14)6-10(11)15/h5-6,16H,2-4,7,15H2,1H3. The Morgan fingerprint density at radius 3 is 3.00 bits per heavy atom. The second-order valence-corrected chi connectivity index (χ2v) is 7.15. The van der Waals surface area contributed by atoms with Crippen LogP contribution in [0.15, 0.2) is 16.6 Å². The second kappa shape index (κ2) is 5.06. The molecule has 2 nitrogen and oxygen atoms in total. The van der Waals surface area contributed by atoms with Gasteiger partial charge in [-0.2, -0.15) is 11.8 Å². The Hall–Kier alpha value is -0.420. The van der Waals surface area contributed by atoms with E-state index in [0.29, 0.717) is 10.2 Å². The van der Waals surface area contributed by atoms with Gasteiger partial charge in [-0.15, -0.1) is 0 Å². The van der Waals surface area contributed by atoms with Crippen molar-refractivity contribution in [1.82, 2.24) is 0 Å². The topological polar surface area (TPSA) is 38.0 Å². The Balaban J connectivity index is 2.06. The third kappa shape index (κ3) is 3.07. The van der Waals surface area contributed by atoms with E-state index in [-0.39, 0.29) is 10.6 Å². The maximum absolute atomic E-state index is 13.2. The molecule has 3 N–H and O–H groups in total. The first-order valence-corrected chi connectivity index (χ1v) is 7.40. The molecule has 0 radical (unpaired) electrons. The molecule has 0 aliphatic carbocycles. The molecular weight excluding hydrogens is 303 g/mol. The predicted molar refractivity (Wildman–Crippen MR) is 77.1 cm³/mol. The van der Waals surface area contributed by atoms with E-state index in [1.807, 2.05) is 11.8 Å². The molecule has 0 aromatic heterocycles. The van der Waals surface area contributed by atoms with Gasteiger partial charge in [0.25, 0.3) is 0 Å². The van der Waals surface area contributed by atoms with Crippen molar-refractivity contribution in [3.63, 3.8) is 0 Å². The van der Waals surface area contributed by atoms with E-state index in [1.165, 1.54) is 24.7 Å². The maximum Gasteiger partial charge on any atom is 0.139 e. The zero-order valence-corrected chi connectivity index (χ0v) is 12.1. The van der Waals surface area contributed by atoms with Gasteiger partial charge in [0.15, 0.2) is 0 Å². The van der Waals surface area contributed by atoms with Crippen molar-refractivity contribution in [2.75, 3.05) is 23.3 Å². The monoisotopic (exact) mass is 318 g/mol. The summed E-state index contributed by atoms with van der Waals surface area (Å²) in [6.45, 7) is 3.12. The molecule has 0 amide bonds. The zero-order chi connectivity index (χ0) is 12.5. The van der Waals surface area contributed by atoms with Crippen LogP contribution in [0.5, 0.6) is 0 Å². The van der Waals surface area contributed by atoms with Crippen LogP contribution >= 0.6 is 27.7 Å². The number of nitrogen functional groups attached to an aromatic ring is 1. The summed E-state index contributed by atoms with van der Waals surface area (Å²) in [5.41, 5.74) is 7.04. The van der Waals surface area contributed by atoms with E-state index < -0.39 is 0 Å². The maximum atomic E-state index is 13.2. The highest BCUT2D eigenvalue weighted by Crippen LogP contribution is 2.38. The lowest BCUT2D eigenvalue weighted by molar-refractivity contribution is 0.621. The first kappa shape index (κ1) is 13.0. The minimum atomic E-state index is -0.325. The molecule has 1 unspecified atom stereocenters. The Kier molecular flexibility index (Phi) is 3.88. The van der Waals surface area contributed by atoms with Gasteiger partial charge >= 0.3 is 0 Å². The van der Waals surface area contributed by atoms with Crippen molar-refractivity contribution in [2.45, 2.75) is 24.5 Å². The molecule has 1 saturated heterocycles. The highest BCUT2D eigenvalue weighted by molar-refractivity contribution is 9.10. The minimum Gasteiger partial charge on any atom is -0.397 e. The van der Waals surface area contributed by atoms with Crippen molar-refractivity contribution < 1.29 is 4.39 Å². The molecule has 1 fully saturated rings.